The molecule has 0 heterocycles. The Balaban J connectivity index is 2.25. The molecule has 0 saturated heterocycles. The summed E-state index contributed by atoms with van der Waals surface area (Å²) in [5.41, 5.74) is 2.34. The van der Waals surface area contributed by atoms with Crippen LogP contribution in [0.25, 0.3) is 0 Å². The zero-order chi connectivity index (χ0) is 14.7. The van der Waals surface area contributed by atoms with E-state index in [0.29, 0.717) is 15.6 Å². The van der Waals surface area contributed by atoms with Crippen LogP contribution in [-0.2, 0) is 6.42 Å². The van der Waals surface area contributed by atoms with Crippen LogP contribution >= 0.6 is 39.1 Å². The van der Waals surface area contributed by atoms with Crippen molar-refractivity contribution in [1.29, 1.82) is 0 Å². The number of amides is 1. The number of carbonyl (C=O) groups is 1. The van der Waals surface area contributed by atoms with Gasteiger partial charge in [0.05, 0.1) is 10.0 Å². The van der Waals surface area contributed by atoms with Crippen molar-refractivity contribution in [3.63, 3.8) is 0 Å². The van der Waals surface area contributed by atoms with Gasteiger partial charge < -0.3 is 5.32 Å². The number of carbonyl (C=O) groups excluding carboxylic acids is 1. The summed E-state index contributed by atoms with van der Waals surface area (Å²) < 4.78 is 0.988. The van der Waals surface area contributed by atoms with Crippen molar-refractivity contribution in [2.75, 3.05) is 5.32 Å². The molecule has 104 valence electrons. The molecule has 20 heavy (non-hydrogen) atoms. The monoisotopic (exact) mass is 371 g/mol. The highest BCUT2D eigenvalue weighted by Gasteiger charge is 2.10. The summed E-state index contributed by atoms with van der Waals surface area (Å²) in [7, 11) is 0. The summed E-state index contributed by atoms with van der Waals surface area (Å²) in [6.45, 7) is 2.04. The lowest BCUT2D eigenvalue weighted by Gasteiger charge is -2.11. The number of anilines is 1. The fourth-order valence-corrected chi connectivity index (χ4v) is 2.52. The first-order valence-corrected chi connectivity index (χ1v) is 7.61. The fraction of sp³-hybridized carbons (Fsp3) is 0.133. The van der Waals surface area contributed by atoms with Crippen LogP contribution in [0.4, 0.5) is 5.69 Å². The van der Waals surface area contributed by atoms with Crippen LogP contribution in [0.2, 0.25) is 10.0 Å². The first-order chi connectivity index (χ1) is 9.51. The molecule has 0 atom stereocenters. The minimum Gasteiger partial charge on any atom is -0.322 e. The van der Waals surface area contributed by atoms with Crippen molar-refractivity contribution in [3.05, 3.63) is 62.0 Å². The standard InChI is InChI=1S/C15H12BrCl2NO/c1-2-9-7-11(16)4-6-14(9)19-15(20)10-3-5-12(17)13(18)8-10/h3-8H,2H2,1H3,(H,19,20). The molecule has 0 bridgehead atoms. The minimum atomic E-state index is -0.208. The Kier molecular flexibility index (Phi) is 5.08. The Morgan fingerprint density at radius 3 is 2.55 bits per heavy atom. The van der Waals surface area contributed by atoms with Gasteiger partial charge in [-0.3, -0.25) is 4.79 Å². The molecule has 1 amide bonds. The summed E-state index contributed by atoms with van der Waals surface area (Å²) in [5, 5.41) is 3.69. The normalized spacial score (nSPS) is 10.4. The average Bonchev–Trinajstić information content (AvgIpc) is 2.43. The van der Waals surface area contributed by atoms with Crippen LogP contribution < -0.4 is 5.32 Å². The average molecular weight is 373 g/mol. The van der Waals surface area contributed by atoms with Crippen molar-refractivity contribution in [1.82, 2.24) is 0 Å². The molecule has 0 unspecified atom stereocenters. The van der Waals surface area contributed by atoms with Gasteiger partial charge >= 0.3 is 0 Å². The third-order valence-electron chi connectivity index (χ3n) is 2.88. The molecular weight excluding hydrogens is 361 g/mol. The highest BCUT2D eigenvalue weighted by Crippen LogP contribution is 2.25. The SMILES string of the molecule is CCc1cc(Br)ccc1NC(=O)c1ccc(Cl)c(Cl)c1. The largest absolute Gasteiger partial charge is 0.322 e. The predicted molar refractivity (Wildman–Crippen MR) is 87.9 cm³/mol. The highest BCUT2D eigenvalue weighted by molar-refractivity contribution is 9.10. The summed E-state index contributed by atoms with van der Waals surface area (Å²) in [4.78, 5) is 12.2. The Morgan fingerprint density at radius 1 is 1.15 bits per heavy atom. The summed E-state index contributed by atoms with van der Waals surface area (Å²) in [6.07, 6.45) is 0.830. The van der Waals surface area contributed by atoms with Gasteiger partial charge in [-0.05, 0) is 48.4 Å². The Morgan fingerprint density at radius 2 is 1.90 bits per heavy atom. The molecule has 0 spiro atoms. The molecular formula is C15H12BrCl2NO. The zero-order valence-electron chi connectivity index (χ0n) is 10.7. The number of hydrogen-bond acceptors (Lipinski definition) is 1. The molecule has 2 aromatic carbocycles. The number of aryl methyl sites for hydroxylation is 1. The molecule has 2 nitrogen and oxygen atoms in total. The second-order valence-electron chi connectivity index (χ2n) is 4.24. The summed E-state index contributed by atoms with van der Waals surface area (Å²) in [5.74, 6) is -0.208. The molecule has 0 saturated carbocycles. The molecule has 0 fully saturated rings. The van der Waals surface area contributed by atoms with Crippen LogP contribution in [0, 0.1) is 0 Å². The lowest BCUT2D eigenvalue weighted by Crippen LogP contribution is -2.13. The van der Waals surface area contributed by atoms with Crippen molar-refractivity contribution in [2.45, 2.75) is 13.3 Å². The van der Waals surface area contributed by atoms with Gasteiger partial charge in [-0.15, -0.1) is 0 Å². The molecule has 0 aromatic heterocycles. The maximum absolute atomic E-state index is 12.2. The molecule has 2 rings (SSSR count). The Bertz CT molecular complexity index is 658. The molecule has 0 aliphatic rings. The van der Waals surface area contributed by atoms with E-state index in [4.69, 9.17) is 23.2 Å². The first-order valence-electron chi connectivity index (χ1n) is 6.06. The second kappa shape index (κ2) is 6.61. The number of benzene rings is 2. The van der Waals surface area contributed by atoms with Crippen LogP contribution in [0.5, 0.6) is 0 Å². The minimum absolute atomic E-state index is 0.208. The highest BCUT2D eigenvalue weighted by atomic mass is 79.9. The number of nitrogens with one attached hydrogen (secondary N) is 1. The predicted octanol–water partition coefficient (Wildman–Crippen LogP) is 5.57. The maximum atomic E-state index is 12.2. The van der Waals surface area contributed by atoms with Crippen LogP contribution in [0.1, 0.15) is 22.8 Å². The summed E-state index contributed by atoms with van der Waals surface area (Å²) in [6, 6.07) is 10.6. The van der Waals surface area contributed by atoms with Crippen molar-refractivity contribution < 1.29 is 4.79 Å². The van der Waals surface area contributed by atoms with E-state index in [-0.39, 0.29) is 5.91 Å². The van der Waals surface area contributed by atoms with E-state index in [1.807, 2.05) is 25.1 Å². The van der Waals surface area contributed by atoms with E-state index < -0.39 is 0 Å². The molecule has 0 aliphatic carbocycles. The molecule has 0 aliphatic heterocycles. The zero-order valence-corrected chi connectivity index (χ0v) is 13.8. The first kappa shape index (κ1) is 15.4. The Hall–Kier alpha value is -1.03. The van der Waals surface area contributed by atoms with E-state index in [9.17, 15) is 4.79 Å². The second-order valence-corrected chi connectivity index (χ2v) is 5.97. The van der Waals surface area contributed by atoms with Gasteiger partial charge in [0.15, 0.2) is 0 Å². The van der Waals surface area contributed by atoms with E-state index in [1.54, 1.807) is 18.2 Å². The lowest BCUT2D eigenvalue weighted by atomic mass is 10.1. The van der Waals surface area contributed by atoms with Gasteiger partial charge in [0.1, 0.15) is 0 Å². The smallest absolute Gasteiger partial charge is 0.255 e. The van der Waals surface area contributed by atoms with Crippen LogP contribution in [0.3, 0.4) is 0 Å². The molecule has 1 N–H and O–H groups in total. The van der Waals surface area contributed by atoms with Crippen molar-refractivity contribution in [3.8, 4) is 0 Å². The molecule has 0 radical (unpaired) electrons. The van der Waals surface area contributed by atoms with Gasteiger partial charge in [-0.1, -0.05) is 46.1 Å². The van der Waals surface area contributed by atoms with Crippen molar-refractivity contribution >= 4 is 50.7 Å². The Labute approximate surface area is 136 Å². The summed E-state index contributed by atoms with van der Waals surface area (Å²) >= 11 is 15.2. The van der Waals surface area contributed by atoms with Crippen LogP contribution in [-0.4, -0.2) is 5.91 Å². The number of rotatable bonds is 3. The van der Waals surface area contributed by atoms with Gasteiger partial charge in [0.25, 0.3) is 5.91 Å². The third-order valence-corrected chi connectivity index (χ3v) is 4.11. The van der Waals surface area contributed by atoms with E-state index in [2.05, 4.69) is 21.2 Å². The fourth-order valence-electron chi connectivity index (χ4n) is 1.81. The lowest BCUT2D eigenvalue weighted by molar-refractivity contribution is 0.102. The topological polar surface area (TPSA) is 29.1 Å². The maximum Gasteiger partial charge on any atom is 0.255 e. The quantitative estimate of drug-likeness (QED) is 0.749. The van der Waals surface area contributed by atoms with Gasteiger partial charge in [0, 0.05) is 15.7 Å². The van der Waals surface area contributed by atoms with Crippen molar-refractivity contribution in [2.24, 2.45) is 0 Å². The van der Waals surface area contributed by atoms with E-state index in [0.717, 1.165) is 22.1 Å². The van der Waals surface area contributed by atoms with E-state index in [1.165, 1.54) is 0 Å². The third kappa shape index (κ3) is 3.54. The number of halogens is 3. The van der Waals surface area contributed by atoms with Gasteiger partial charge in [0.2, 0.25) is 0 Å². The van der Waals surface area contributed by atoms with E-state index >= 15 is 0 Å². The molecule has 2 aromatic rings. The molecule has 5 heteroatoms. The van der Waals surface area contributed by atoms with Gasteiger partial charge in [-0.2, -0.15) is 0 Å². The van der Waals surface area contributed by atoms with Gasteiger partial charge in [-0.25, -0.2) is 0 Å². The number of hydrogen-bond donors (Lipinski definition) is 1. The van der Waals surface area contributed by atoms with Crippen LogP contribution in [0.15, 0.2) is 40.9 Å².